The fourth-order valence-electron chi connectivity index (χ4n) is 1.68. The lowest BCUT2D eigenvalue weighted by Gasteiger charge is -2.12. The standard InChI is InChI=1S/C12H18O5S2/c1-4-10(13)7-9-5-6-11(18(2,14)15)8-12(9)19(3,16)17/h5-6,8,10,13H,4,7H2,1-3H3. The van der Waals surface area contributed by atoms with Crippen LogP contribution in [0.2, 0.25) is 0 Å². The average Bonchev–Trinajstić information content (AvgIpc) is 2.26. The molecule has 0 spiro atoms. The molecule has 19 heavy (non-hydrogen) atoms. The van der Waals surface area contributed by atoms with Crippen LogP contribution in [0.15, 0.2) is 28.0 Å². The lowest BCUT2D eigenvalue weighted by molar-refractivity contribution is 0.170. The van der Waals surface area contributed by atoms with Gasteiger partial charge < -0.3 is 5.11 Å². The van der Waals surface area contributed by atoms with Gasteiger partial charge in [-0.2, -0.15) is 0 Å². The molecule has 0 radical (unpaired) electrons. The van der Waals surface area contributed by atoms with Crippen molar-refractivity contribution in [1.29, 1.82) is 0 Å². The zero-order chi connectivity index (χ0) is 14.8. The van der Waals surface area contributed by atoms with Gasteiger partial charge in [-0.1, -0.05) is 13.0 Å². The van der Waals surface area contributed by atoms with Crippen LogP contribution in [0.1, 0.15) is 18.9 Å². The minimum atomic E-state index is -3.55. The second kappa shape index (κ2) is 5.60. The van der Waals surface area contributed by atoms with Crippen LogP contribution in [0.5, 0.6) is 0 Å². The van der Waals surface area contributed by atoms with Crippen molar-refractivity contribution in [2.45, 2.75) is 35.7 Å². The summed E-state index contributed by atoms with van der Waals surface area (Å²) in [5, 5.41) is 9.62. The van der Waals surface area contributed by atoms with Crippen molar-refractivity contribution in [3.8, 4) is 0 Å². The molecule has 0 heterocycles. The maximum absolute atomic E-state index is 11.7. The van der Waals surface area contributed by atoms with E-state index < -0.39 is 25.8 Å². The third-order valence-electron chi connectivity index (χ3n) is 2.79. The van der Waals surface area contributed by atoms with Crippen molar-refractivity contribution >= 4 is 19.7 Å². The van der Waals surface area contributed by atoms with E-state index in [1.807, 2.05) is 0 Å². The molecule has 108 valence electrons. The molecular formula is C12H18O5S2. The predicted octanol–water partition coefficient (Wildman–Crippen LogP) is 0.807. The fourth-order valence-corrected chi connectivity index (χ4v) is 3.37. The van der Waals surface area contributed by atoms with Crippen molar-refractivity contribution in [2.75, 3.05) is 12.5 Å². The van der Waals surface area contributed by atoms with E-state index in [1.54, 1.807) is 6.92 Å². The second-order valence-corrected chi connectivity index (χ2v) is 8.58. The number of hydrogen-bond donors (Lipinski definition) is 1. The molecule has 7 heteroatoms. The van der Waals surface area contributed by atoms with Crippen LogP contribution in [0.4, 0.5) is 0 Å². The molecule has 1 rings (SSSR count). The highest BCUT2D eigenvalue weighted by Crippen LogP contribution is 2.22. The van der Waals surface area contributed by atoms with E-state index >= 15 is 0 Å². The summed E-state index contributed by atoms with van der Waals surface area (Å²) >= 11 is 0. The van der Waals surface area contributed by atoms with E-state index in [4.69, 9.17) is 0 Å². The number of rotatable bonds is 5. The van der Waals surface area contributed by atoms with E-state index in [1.165, 1.54) is 12.1 Å². The lowest BCUT2D eigenvalue weighted by atomic mass is 10.1. The van der Waals surface area contributed by atoms with Gasteiger partial charge >= 0.3 is 0 Å². The molecule has 1 unspecified atom stereocenters. The van der Waals surface area contributed by atoms with Crippen molar-refractivity contribution in [3.05, 3.63) is 23.8 Å². The first-order chi connectivity index (χ1) is 8.55. The Kier molecular flexibility index (Phi) is 4.76. The van der Waals surface area contributed by atoms with Crippen molar-refractivity contribution in [3.63, 3.8) is 0 Å². The summed E-state index contributed by atoms with van der Waals surface area (Å²) < 4.78 is 46.4. The van der Waals surface area contributed by atoms with E-state index in [9.17, 15) is 21.9 Å². The molecule has 0 bridgehead atoms. The number of hydrogen-bond acceptors (Lipinski definition) is 5. The van der Waals surface area contributed by atoms with Gasteiger partial charge in [0, 0.05) is 12.5 Å². The highest BCUT2D eigenvalue weighted by molar-refractivity contribution is 7.91. The minimum absolute atomic E-state index is 0.0390. The van der Waals surface area contributed by atoms with Crippen LogP contribution in [-0.2, 0) is 26.1 Å². The topological polar surface area (TPSA) is 88.5 Å². The molecule has 1 aromatic rings. The Labute approximate surface area is 114 Å². The highest BCUT2D eigenvalue weighted by atomic mass is 32.2. The molecule has 0 fully saturated rings. The van der Waals surface area contributed by atoms with Gasteiger partial charge in [-0.15, -0.1) is 0 Å². The Morgan fingerprint density at radius 3 is 2.11 bits per heavy atom. The van der Waals surface area contributed by atoms with E-state index in [0.717, 1.165) is 18.6 Å². The van der Waals surface area contributed by atoms with Gasteiger partial charge in [-0.25, -0.2) is 16.8 Å². The SMILES string of the molecule is CCC(O)Cc1ccc(S(C)(=O)=O)cc1S(C)(=O)=O. The summed E-state index contributed by atoms with van der Waals surface area (Å²) in [7, 11) is -7.01. The van der Waals surface area contributed by atoms with Gasteiger partial charge in [-0.05, 0) is 30.5 Å². The number of aliphatic hydroxyl groups excluding tert-OH is 1. The van der Waals surface area contributed by atoms with Crippen LogP contribution in [0.25, 0.3) is 0 Å². The summed E-state index contributed by atoms with van der Waals surface area (Å²) in [6.07, 6.45) is 2.08. The molecule has 1 aromatic carbocycles. The molecule has 0 amide bonds. The molecule has 0 aliphatic heterocycles. The first kappa shape index (κ1) is 16.1. The van der Waals surface area contributed by atoms with E-state index in [0.29, 0.717) is 12.0 Å². The maximum Gasteiger partial charge on any atom is 0.175 e. The van der Waals surface area contributed by atoms with Crippen LogP contribution in [0.3, 0.4) is 0 Å². The Morgan fingerprint density at radius 1 is 1.11 bits per heavy atom. The molecule has 5 nitrogen and oxygen atoms in total. The summed E-state index contributed by atoms with van der Waals surface area (Å²) in [6, 6.07) is 3.97. The maximum atomic E-state index is 11.7. The van der Waals surface area contributed by atoms with Gasteiger partial charge in [0.15, 0.2) is 19.7 Å². The van der Waals surface area contributed by atoms with Crippen molar-refractivity contribution in [2.24, 2.45) is 0 Å². The van der Waals surface area contributed by atoms with Crippen molar-refractivity contribution in [1.82, 2.24) is 0 Å². The lowest BCUT2D eigenvalue weighted by Crippen LogP contribution is -2.13. The Hall–Kier alpha value is -0.920. The summed E-state index contributed by atoms with van der Waals surface area (Å²) in [5.41, 5.74) is 0.434. The van der Waals surface area contributed by atoms with E-state index in [2.05, 4.69) is 0 Å². The number of sulfone groups is 2. The Morgan fingerprint density at radius 2 is 1.68 bits per heavy atom. The highest BCUT2D eigenvalue weighted by Gasteiger charge is 2.19. The monoisotopic (exact) mass is 306 g/mol. The number of aliphatic hydroxyl groups is 1. The molecule has 0 aromatic heterocycles. The third kappa shape index (κ3) is 4.29. The zero-order valence-electron chi connectivity index (χ0n) is 11.1. The Bertz CT molecular complexity index is 659. The fraction of sp³-hybridized carbons (Fsp3) is 0.500. The van der Waals surface area contributed by atoms with Gasteiger partial charge in [0.2, 0.25) is 0 Å². The predicted molar refractivity (Wildman–Crippen MR) is 72.7 cm³/mol. The molecule has 0 aliphatic rings. The first-order valence-electron chi connectivity index (χ1n) is 5.76. The molecule has 1 atom stereocenters. The molecule has 0 saturated carbocycles. The van der Waals surface area contributed by atoms with Crippen LogP contribution >= 0.6 is 0 Å². The molecule has 0 aliphatic carbocycles. The van der Waals surface area contributed by atoms with Gasteiger partial charge in [-0.3, -0.25) is 0 Å². The van der Waals surface area contributed by atoms with E-state index in [-0.39, 0.29) is 16.2 Å². The molecular weight excluding hydrogens is 288 g/mol. The largest absolute Gasteiger partial charge is 0.393 e. The van der Waals surface area contributed by atoms with Gasteiger partial charge in [0.1, 0.15) is 0 Å². The molecule has 1 N–H and O–H groups in total. The van der Waals surface area contributed by atoms with Gasteiger partial charge in [0.05, 0.1) is 15.9 Å². The quantitative estimate of drug-likeness (QED) is 0.869. The first-order valence-corrected chi connectivity index (χ1v) is 9.55. The average molecular weight is 306 g/mol. The minimum Gasteiger partial charge on any atom is -0.393 e. The second-order valence-electron chi connectivity index (χ2n) is 4.58. The summed E-state index contributed by atoms with van der Waals surface area (Å²) in [6.45, 7) is 1.79. The van der Waals surface area contributed by atoms with Crippen LogP contribution < -0.4 is 0 Å². The summed E-state index contributed by atoms with van der Waals surface area (Å²) in [4.78, 5) is -0.0782. The normalized spacial score (nSPS) is 14.3. The summed E-state index contributed by atoms with van der Waals surface area (Å²) in [5.74, 6) is 0. The van der Waals surface area contributed by atoms with Gasteiger partial charge in [0.25, 0.3) is 0 Å². The Balaban J connectivity index is 3.42. The van der Waals surface area contributed by atoms with Crippen LogP contribution in [0, 0.1) is 0 Å². The number of benzene rings is 1. The smallest absolute Gasteiger partial charge is 0.175 e. The molecule has 0 saturated heterocycles. The van der Waals surface area contributed by atoms with Crippen LogP contribution in [-0.4, -0.2) is 40.6 Å². The third-order valence-corrected chi connectivity index (χ3v) is 5.08. The zero-order valence-corrected chi connectivity index (χ0v) is 12.8. The van der Waals surface area contributed by atoms with Crippen molar-refractivity contribution < 1.29 is 21.9 Å².